The van der Waals surface area contributed by atoms with E-state index in [4.69, 9.17) is 4.74 Å². The third kappa shape index (κ3) is 2.41. The molecule has 1 unspecified atom stereocenters. The van der Waals surface area contributed by atoms with E-state index in [9.17, 15) is 18.0 Å². The summed E-state index contributed by atoms with van der Waals surface area (Å²) >= 11 is 0. The minimum Gasteiger partial charge on any atom is -0.489 e. The normalized spacial score (nSPS) is 21.4. The van der Waals surface area contributed by atoms with Crippen molar-refractivity contribution in [2.24, 2.45) is 5.41 Å². The van der Waals surface area contributed by atoms with Gasteiger partial charge in [0, 0.05) is 6.42 Å². The van der Waals surface area contributed by atoms with E-state index < -0.39 is 17.2 Å². The Morgan fingerprint density at radius 1 is 1.20 bits per heavy atom. The van der Waals surface area contributed by atoms with Gasteiger partial charge in [-0.05, 0) is 37.1 Å². The molecule has 1 atom stereocenters. The molecule has 0 bridgehead atoms. The van der Waals surface area contributed by atoms with Gasteiger partial charge in [-0.3, -0.25) is 4.79 Å². The summed E-state index contributed by atoms with van der Waals surface area (Å²) < 4.78 is 43.1. The summed E-state index contributed by atoms with van der Waals surface area (Å²) in [7, 11) is 0. The first-order valence-corrected chi connectivity index (χ1v) is 6.70. The highest BCUT2D eigenvalue weighted by Crippen LogP contribution is 2.45. The van der Waals surface area contributed by atoms with E-state index in [-0.39, 0.29) is 11.9 Å². The number of benzene rings is 1. The second kappa shape index (κ2) is 5.11. The Morgan fingerprint density at radius 3 is 2.15 bits per heavy atom. The molecule has 1 fully saturated rings. The van der Waals surface area contributed by atoms with Crippen LogP contribution in [0.3, 0.4) is 0 Å². The first-order valence-electron chi connectivity index (χ1n) is 6.70. The SMILES string of the molecule is CCC1(CC)C(=O)CC1Oc1ccc(C(F)(F)F)cc1. The fourth-order valence-electron chi connectivity index (χ4n) is 2.76. The van der Waals surface area contributed by atoms with Crippen molar-refractivity contribution >= 4 is 5.78 Å². The summed E-state index contributed by atoms with van der Waals surface area (Å²) in [4.78, 5) is 11.8. The summed E-state index contributed by atoms with van der Waals surface area (Å²) in [6.07, 6.45) is -2.87. The van der Waals surface area contributed by atoms with E-state index in [1.54, 1.807) is 0 Å². The van der Waals surface area contributed by atoms with Gasteiger partial charge in [0.25, 0.3) is 0 Å². The molecule has 1 aliphatic rings. The van der Waals surface area contributed by atoms with Gasteiger partial charge in [-0.1, -0.05) is 13.8 Å². The van der Waals surface area contributed by atoms with Crippen LogP contribution in [0.5, 0.6) is 5.75 Å². The van der Waals surface area contributed by atoms with Gasteiger partial charge in [0.2, 0.25) is 0 Å². The average Bonchev–Trinajstić information content (AvgIpc) is 2.39. The van der Waals surface area contributed by atoms with Crippen molar-refractivity contribution in [3.8, 4) is 5.75 Å². The number of ketones is 1. The molecule has 2 rings (SSSR count). The van der Waals surface area contributed by atoms with Crippen molar-refractivity contribution in [2.45, 2.75) is 45.4 Å². The highest BCUT2D eigenvalue weighted by molar-refractivity contribution is 5.92. The molecule has 0 radical (unpaired) electrons. The highest BCUT2D eigenvalue weighted by atomic mass is 19.4. The van der Waals surface area contributed by atoms with Crippen LogP contribution in [-0.4, -0.2) is 11.9 Å². The molecule has 1 aliphatic carbocycles. The zero-order valence-corrected chi connectivity index (χ0v) is 11.5. The number of carbonyl (C=O) groups excluding carboxylic acids is 1. The lowest BCUT2D eigenvalue weighted by Crippen LogP contribution is -2.56. The van der Waals surface area contributed by atoms with Crippen LogP contribution in [-0.2, 0) is 11.0 Å². The van der Waals surface area contributed by atoms with Crippen LogP contribution in [0.1, 0.15) is 38.7 Å². The lowest BCUT2D eigenvalue weighted by atomic mass is 9.61. The summed E-state index contributed by atoms with van der Waals surface area (Å²) in [5.41, 5.74) is -1.17. The molecule has 0 N–H and O–H groups in total. The van der Waals surface area contributed by atoms with E-state index in [1.165, 1.54) is 12.1 Å². The Kier molecular flexibility index (Phi) is 3.80. The number of hydrogen-bond donors (Lipinski definition) is 0. The molecule has 0 saturated heterocycles. The molecule has 1 aromatic carbocycles. The van der Waals surface area contributed by atoms with Crippen molar-refractivity contribution in [1.29, 1.82) is 0 Å². The fourth-order valence-corrected chi connectivity index (χ4v) is 2.76. The first-order chi connectivity index (χ1) is 9.33. The maximum absolute atomic E-state index is 12.5. The van der Waals surface area contributed by atoms with Gasteiger partial charge in [0.1, 0.15) is 17.6 Å². The van der Waals surface area contributed by atoms with E-state index in [2.05, 4.69) is 0 Å². The largest absolute Gasteiger partial charge is 0.489 e. The van der Waals surface area contributed by atoms with Crippen LogP contribution in [0.15, 0.2) is 24.3 Å². The van der Waals surface area contributed by atoms with Gasteiger partial charge in [-0.2, -0.15) is 13.2 Å². The van der Waals surface area contributed by atoms with Gasteiger partial charge in [0.15, 0.2) is 0 Å². The molecule has 0 spiro atoms. The molecule has 0 heterocycles. The Morgan fingerprint density at radius 2 is 1.75 bits per heavy atom. The fraction of sp³-hybridized carbons (Fsp3) is 0.533. The van der Waals surface area contributed by atoms with E-state index >= 15 is 0 Å². The molecular weight excluding hydrogens is 269 g/mol. The third-order valence-corrected chi connectivity index (χ3v) is 4.26. The van der Waals surface area contributed by atoms with Gasteiger partial charge in [0.05, 0.1) is 11.0 Å². The Bertz CT molecular complexity index is 487. The summed E-state index contributed by atoms with van der Waals surface area (Å²) in [5, 5.41) is 0. The van der Waals surface area contributed by atoms with Gasteiger partial charge < -0.3 is 4.74 Å². The summed E-state index contributed by atoms with van der Waals surface area (Å²) in [6, 6.07) is 4.61. The number of ether oxygens (including phenoxy) is 1. The van der Waals surface area contributed by atoms with Crippen molar-refractivity contribution in [3.05, 3.63) is 29.8 Å². The number of alkyl halides is 3. The molecule has 0 aliphatic heterocycles. The number of halogens is 3. The predicted octanol–water partition coefficient (Wildman–Crippen LogP) is 4.23. The molecule has 0 amide bonds. The van der Waals surface area contributed by atoms with Crippen LogP contribution in [0.25, 0.3) is 0 Å². The van der Waals surface area contributed by atoms with Crippen LogP contribution in [0.4, 0.5) is 13.2 Å². The predicted molar refractivity (Wildman–Crippen MR) is 68.5 cm³/mol. The lowest BCUT2D eigenvalue weighted by Gasteiger charge is -2.46. The maximum Gasteiger partial charge on any atom is 0.416 e. The zero-order chi connectivity index (χ0) is 15.0. The molecule has 1 aromatic rings. The van der Waals surface area contributed by atoms with Crippen LogP contribution in [0, 0.1) is 5.41 Å². The molecular formula is C15H17F3O2. The average molecular weight is 286 g/mol. The number of rotatable bonds is 4. The Labute approximate surface area is 115 Å². The molecule has 20 heavy (non-hydrogen) atoms. The van der Waals surface area contributed by atoms with E-state index in [0.717, 1.165) is 12.1 Å². The first kappa shape index (κ1) is 14.9. The summed E-state index contributed by atoms with van der Waals surface area (Å²) in [5.74, 6) is 0.557. The van der Waals surface area contributed by atoms with Gasteiger partial charge >= 0.3 is 6.18 Å². The third-order valence-electron chi connectivity index (χ3n) is 4.26. The second-order valence-corrected chi connectivity index (χ2v) is 5.12. The molecule has 2 nitrogen and oxygen atoms in total. The molecule has 110 valence electrons. The summed E-state index contributed by atoms with van der Waals surface area (Å²) in [6.45, 7) is 3.87. The van der Waals surface area contributed by atoms with Crippen molar-refractivity contribution < 1.29 is 22.7 Å². The quantitative estimate of drug-likeness (QED) is 0.828. The lowest BCUT2D eigenvalue weighted by molar-refractivity contribution is -0.153. The van der Waals surface area contributed by atoms with Crippen LogP contribution >= 0.6 is 0 Å². The topological polar surface area (TPSA) is 26.3 Å². The number of Topliss-reactive ketones (excluding diaryl/α,β-unsaturated/α-hetero) is 1. The number of hydrogen-bond acceptors (Lipinski definition) is 2. The smallest absolute Gasteiger partial charge is 0.416 e. The van der Waals surface area contributed by atoms with Crippen molar-refractivity contribution in [3.63, 3.8) is 0 Å². The Balaban J connectivity index is 2.10. The second-order valence-electron chi connectivity index (χ2n) is 5.12. The number of carbonyl (C=O) groups is 1. The zero-order valence-electron chi connectivity index (χ0n) is 11.5. The van der Waals surface area contributed by atoms with Gasteiger partial charge in [-0.25, -0.2) is 0 Å². The Hall–Kier alpha value is -1.52. The van der Waals surface area contributed by atoms with E-state index in [1.807, 2.05) is 13.8 Å². The standard InChI is InChI=1S/C15H17F3O2/c1-3-14(4-2)12(19)9-13(14)20-11-7-5-10(6-8-11)15(16,17)18/h5-8,13H,3-4,9H2,1-2H3. The van der Waals surface area contributed by atoms with Crippen molar-refractivity contribution in [2.75, 3.05) is 0 Å². The monoisotopic (exact) mass is 286 g/mol. The van der Waals surface area contributed by atoms with Crippen LogP contribution < -0.4 is 4.74 Å². The van der Waals surface area contributed by atoms with Crippen molar-refractivity contribution in [1.82, 2.24) is 0 Å². The van der Waals surface area contributed by atoms with Gasteiger partial charge in [-0.15, -0.1) is 0 Å². The molecule has 5 heteroatoms. The minimum atomic E-state index is -4.35. The highest BCUT2D eigenvalue weighted by Gasteiger charge is 2.53. The van der Waals surface area contributed by atoms with E-state index in [0.29, 0.717) is 25.0 Å². The maximum atomic E-state index is 12.5. The minimum absolute atomic E-state index is 0.180. The van der Waals surface area contributed by atoms with Crippen LogP contribution in [0.2, 0.25) is 0 Å². The molecule has 0 aromatic heterocycles. The molecule has 1 saturated carbocycles.